The van der Waals surface area contributed by atoms with Crippen LogP contribution in [0.4, 0.5) is 0 Å². The summed E-state index contributed by atoms with van der Waals surface area (Å²) in [5, 5.41) is 0. The van der Waals surface area contributed by atoms with Crippen LogP contribution in [0.1, 0.15) is 13.8 Å². The lowest BCUT2D eigenvalue weighted by Crippen LogP contribution is -1.81. The van der Waals surface area contributed by atoms with E-state index in [1.165, 1.54) is 0 Å². The Morgan fingerprint density at radius 3 is 2.22 bits per heavy atom. The molecule has 0 saturated carbocycles. The van der Waals surface area contributed by atoms with Crippen LogP contribution in [0.5, 0.6) is 0 Å². The summed E-state index contributed by atoms with van der Waals surface area (Å²) in [4.78, 5) is 3.95. The summed E-state index contributed by atoms with van der Waals surface area (Å²) in [6.45, 7) is 7.64. The van der Waals surface area contributed by atoms with Crippen molar-refractivity contribution in [2.75, 3.05) is 7.05 Å². The zero-order valence-electron chi connectivity index (χ0n) is 6.31. The topological polar surface area (TPSA) is 12.4 Å². The molecule has 0 aromatic heterocycles. The number of hydrogen-bond acceptors (Lipinski definition) is 1. The summed E-state index contributed by atoms with van der Waals surface area (Å²) in [5.41, 5.74) is 2.08. The predicted octanol–water partition coefficient (Wildman–Crippen LogP) is 2.21. The maximum atomic E-state index is 3.95. The van der Waals surface area contributed by atoms with Gasteiger partial charge in [-0.15, -0.1) is 0 Å². The SMILES string of the molecule is C=C(C)/C=C\C(C)=NC. The Labute approximate surface area is 56.8 Å². The van der Waals surface area contributed by atoms with Gasteiger partial charge in [-0.1, -0.05) is 18.2 Å². The average molecular weight is 123 g/mol. The van der Waals surface area contributed by atoms with Crippen LogP contribution < -0.4 is 0 Å². The maximum absolute atomic E-state index is 3.95. The van der Waals surface area contributed by atoms with E-state index in [0.29, 0.717) is 0 Å². The van der Waals surface area contributed by atoms with Gasteiger partial charge >= 0.3 is 0 Å². The molecule has 0 aromatic carbocycles. The highest BCUT2D eigenvalue weighted by molar-refractivity contribution is 5.92. The van der Waals surface area contributed by atoms with Gasteiger partial charge in [0.15, 0.2) is 0 Å². The molecule has 0 unspecified atom stereocenters. The van der Waals surface area contributed by atoms with Crippen molar-refractivity contribution >= 4 is 5.71 Å². The first kappa shape index (κ1) is 8.15. The highest BCUT2D eigenvalue weighted by Crippen LogP contribution is 1.89. The fourth-order valence-electron chi connectivity index (χ4n) is 0.337. The minimum Gasteiger partial charge on any atom is -0.293 e. The monoisotopic (exact) mass is 123 g/mol. The van der Waals surface area contributed by atoms with Crippen LogP contribution in [0.3, 0.4) is 0 Å². The van der Waals surface area contributed by atoms with E-state index < -0.39 is 0 Å². The molecule has 0 aliphatic carbocycles. The molecule has 0 bridgehead atoms. The lowest BCUT2D eigenvalue weighted by molar-refractivity contribution is 1.43. The molecule has 9 heavy (non-hydrogen) atoms. The van der Waals surface area contributed by atoms with Crippen molar-refractivity contribution < 1.29 is 0 Å². The highest BCUT2D eigenvalue weighted by atomic mass is 14.7. The summed E-state index contributed by atoms with van der Waals surface area (Å²) in [5.74, 6) is 0. The van der Waals surface area contributed by atoms with E-state index in [9.17, 15) is 0 Å². The van der Waals surface area contributed by atoms with Gasteiger partial charge in [-0.25, -0.2) is 0 Å². The Morgan fingerprint density at radius 2 is 1.89 bits per heavy atom. The Morgan fingerprint density at radius 1 is 1.33 bits per heavy atom. The molecule has 0 spiro atoms. The van der Waals surface area contributed by atoms with Gasteiger partial charge in [0.05, 0.1) is 0 Å². The van der Waals surface area contributed by atoms with Crippen LogP contribution in [0.15, 0.2) is 29.3 Å². The molecule has 0 rings (SSSR count). The molecule has 0 saturated heterocycles. The van der Waals surface area contributed by atoms with Gasteiger partial charge in [0.2, 0.25) is 0 Å². The zero-order chi connectivity index (χ0) is 7.28. The third kappa shape index (κ3) is 5.01. The molecule has 1 nitrogen and oxygen atoms in total. The van der Waals surface area contributed by atoms with Crippen molar-refractivity contribution in [3.8, 4) is 0 Å². The lowest BCUT2D eigenvalue weighted by atomic mass is 10.3. The third-order valence-electron chi connectivity index (χ3n) is 0.962. The molecular formula is C8H13N. The number of nitrogens with zero attached hydrogens (tertiary/aromatic N) is 1. The molecule has 0 amide bonds. The number of rotatable bonds is 2. The van der Waals surface area contributed by atoms with Gasteiger partial charge in [-0.05, 0) is 19.9 Å². The average Bonchev–Trinajstić information content (AvgIpc) is 1.83. The molecule has 0 radical (unpaired) electrons. The van der Waals surface area contributed by atoms with Gasteiger partial charge < -0.3 is 0 Å². The minimum absolute atomic E-state index is 1.03. The minimum atomic E-state index is 1.03. The first-order valence-electron chi connectivity index (χ1n) is 2.94. The van der Waals surface area contributed by atoms with Crippen LogP contribution in [0, 0.1) is 0 Å². The highest BCUT2D eigenvalue weighted by Gasteiger charge is 1.77. The maximum Gasteiger partial charge on any atom is 0.0313 e. The number of hydrogen-bond donors (Lipinski definition) is 0. The molecule has 0 N–H and O–H groups in total. The van der Waals surface area contributed by atoms with Crippen LogP contribution in [0.25, 0.3) is 0 Å². The van der Waals surface area contributed by atoms with Crippen molar-refractivity contribution in [3.05, 3.63) is 24.3 Å². The summed E-state index contributed by atoms with van der Waals surface area (Å²) >= 11 is 0. The largest absolute Gasteiger partial charge is 0.293 e. The standard InChI is InChI=1S/C8H13N/c1-7(2)5-6-8(3)9-4/h5-6H,1H2,2-4H3/b6-5-,9-8?. The van der Waals surface area contributed by atoms with Gasteiger partial charge in [0, 0.05) is 12.8 Å². The van der Waals surface area contributed by atoms with E-state index in [2.05, 4.69) is 11.6 Å². The first-order valence-corrected chi connectivity index (χ1v) is 2.94. The van der Waals surface area contributed by atoms with E-state index >= 15 is 0 Å². The second kappa shape index (κ2) is 4.07. The molecular weight excluding hydrogens is 110 g/mol. The summed E-state index contributed by atoms with van der Waals surface area (Å²) in [7, 11) is 1.78. The molecule has 0 aliphatic rings. The summed E-state index contributed by atoms with van der Waals surface area (Å²) < 4.78 is 0. The van der Waals surface area contributed by atoms with E-state index in [0.717, 1.165) is 11.3 Å². The molecule has 50 valence electrons. The Kier molecular flexibility index (Phi) is 3.69. The van der Waals surface area contributed by atoms with Crippen LogP contribution in [0.2, 0.25) is 0 Å². The van der Waals surface area contributed by atoms with Crippen molar-refractivity contribution in [2.24, 2.45) is 4.99 Å². The second-order valence-corrected chi connectivity index (χ2v) is 2.04. The number of allylic oxidation sites excluding steroid dienone is 3. The molecule has 0 heterocycles. The van der Waals surface area contributed by atoms with Crippen LogP contribution in [-0.4, -0.2) is 12.8 Å². The van der Waals surface area contributed by atoms with Crippen LogP contribution >= 0.6 is 0 Å². The smallest absolute Gasteiger partial charge is 0.0313 e. The lowest BCUT2D eigenvalue weighted by Gasteiger charge is -1.86. The Balaban J connectivity index is 3.86. The van der Waals surface area contributed by atoms with E-state index in [1.807, 2.05) is 26.0 Å². The van der Waals surface area contributed by atoms with E-state index in [-0.39, 0.29) is 0 Å². The van der Waals surface area contributed by atoms with Gasteiger partial charge in [0.1, 0.15) is 0 Å². The molecule has 0 aromatic rings. The fraction of sp³-hybridized carbons (Fsp3) is 0.375. The Bertz CT molecular complexity index is 152. The summed E-state index contributed by atoms with van der Waals surface area (Å²) in [6, 6.07) is 0. The van der Waals surface area contributed by atoms with Crippen molar-refractivity contribution in [2.45, 2.75) is 13.8 Å². The van der Waals surface area contributed by atoms with E-state index in [1.54, 1.807) is 7.05 Å². The van der Waals surface area contributed by atoms with Gasteiger partial charge in [-0.3, -0.25) is 4.99 Å². The molecule has 1 heteroatoms. The van der Waals surface area contributed by atoms with Gasteiger partial charge in [-0.2, -0.15) is 0 Å². The molecule has 0 aliphatic heterocycles. The van der Waals surface area contributed by atoms with E-state index in [4.69, 9.17) is 0 Å². The Hall–Kier alpha value is -0.850. The second-order valence-electron chi connectivity index (χ2n) is 2.04. The van der Waals surface area contributed by atoms with Crippen LogP contribution in [-0.2, 0) is 0 Å². The number of aliphatic imine (C=N–C) groups is 1. The summed E-state index contributed by atoms with van der Waals surface area (Å²) in [6.07, 6.45) is 3.89. The van der Waals surface area contributed by atoms with Crippen molar-refractivity contribution in [1.29, 1.82) is 0 Å². The first-order chi connectivity index (χ1) is 4.16. The normalized spacial score (nSPS) is 12.6. The zero-order valence-corrected chi connectivity index (χ0v) is 6.31. The van der Waals surface area contributed by atoms with Crippen molar-refractivity contribution in [1.82, 2.24) is 0 Å². The quantitative estimate of drug-likeness (QED) is 0.394. The van der Waals surface area contributed by atoms with Crippen molar-refractivity contribution in [3.63, 3.8) is 0 Å². The molecule has 0 fully saturated rings. The predicted molar refractivity (Wildman–Crippen MR) is 43.0 cm³/mol. The molecule has 0 atom stereocenters. The fourth-order valence-corrected chi connectivity index (χ4v) is 0.337. The van der Waals surface area contributed by atoms with Gasteiger partial charge in [0.25, 0.3) is 0 Å². The third-order valence-corrected chi connectivity index (χ3v) is 0.962.